The Morgan fingerprint density at radius 2 is 2.00 bits per heavy atom. The van der Waals surface area contributed by atoms with Crippen molar-refractivity contribution < 1.29 is 9.59 Å². The van der Waals surface area contributed by atoms with Gasteiger partial charge in [-0.1, -0.05) is 31.4 Å². The minimum absolute atomic E-state index is 0.116. The highest BCUT2D eigenvalue weighted by molar-refractivity contribution is 6.07. The molecule has 1 spiro atoms. The lowest BCUT2D eigenvalue weighted by Gasteiger charge is -2.30. The van der Waals surface area contributed by atoms with Gasteiger partial charge < -0.3 is 5.32 Å². The number of hydrogen-bond donors (Lipinski definition) is 1. The lowest BCUT2D eigenvalue weighted by molar-refractivity contribution is -0.132. The molecule has 1 saturated heterocycles. The standard InChI is InChI=1S/C16H17N3O2/c17-10-12-5-4-6-13(9-12)11-19-14(20)16(18-15(19)21)7-2-1-3-8-16/h4-6,9H,1-3,7-8,11H2,(H,18,21). The molecule has 5 nitrogen and oxygen atoms in total. The molecule has 5 heteroatoms. The molecule has 3 amide bonds. The Morgan fingerprint density at radius 1 is 1.24 bits per heavy atom. The second-order valence-corrected chi connectivity index (χ2v) is 5.78. The monoisotopic (exact) mass is 283 g/mol. The van der Waals surface area contributed by atoms with Gasteiger partial charge in [0.05, 0.1) is 18.2 Å². The third-order valence-electron chi connectivity index (χ3n) is 4.35. The van der Waals surface area contributed by atoms with Crippen LogP contribution in [0.25, 0.3) is 0 Å². The van der Waals surface area contributed by atoms with E-state index in [1.54, 1.807) is 18.2 Å². The Labute approximate surface area is 123 Å². The molecule has 0 unspecified atom stereocenters. The summed E-state index contributed by atoms with van der Waals surface area (Å²) in [6, 6.07) is 8.77. The smallest absolute Gasteiger partial charge is 0.323 e. The second kappa shape index (κ2) is 5.21. The summed E-state index contributed by atoms with van der Waals surface area (Å²) in [4.78, 5) is 26.1. The zero-order valence-electron chi connectivity index (χ0n) is 11.8. The van der Waals surface area contributed by atoms with Crippen LogP contribution in [0.2, 0.25) is 0 Å². The van der Waals surface area contributed by atoms with Gasteiger partial charge in [-0.25, -0.2) is 4.79 Å². The molecule has 1 heterocycles. The lowest BCUT2D eigenvalue weighted by atomic mass is 9.82. The molecule has 1 aliphatic carbocycles. The Hall–Kier alpha value is -2.35. The maximum Gasteiger partial charge on any atom is 0.325 e. The average molecular weight is 283 g/mol. The Morgan fingerprint density at radius 3 is 2.71 bits per heavy atom. The molecular formula is C16H17N3O2. The summed E-state index contributed by atoms with van der Waals surface area (Å²) in [5, 5.41) is 11.8. The van der Waals surface area contributed by atoms with E-state index in [2.05, 4.69) is 11.4 Å². The predicted octanol–water partition coefficient (Wildman–Crippen LogP) is 2.31. The van der Waals surface area contributed by atoms with Crippen LogP contribution in [0, 0.1) is 11.3 Å². The van der Waals surface area contributed by atoms with Crippen molar-refractivity contribution in [2.75, 3.05) is 0 Å². The number of benzene rings is 1. The number of hydrogen-bond acceptors (Lipinski definition) is 3. The van der Waals surface area contributed by atoms with Gasteiger partial charge in [0.2, 0.25) is 0 Å². The van der Waals surface area contributed by atoms with Crippen molar-refractivity contribution in [1.29, 1.82) is 5.26 Å². The molecule has 1 saturated carbocycles. The summed E-state index contributed by atoms with van der Waals surface area (Å²) in [5.41, 5.74) is 0.652. The molecule has 0 aromatic heterocycles. The van der Waals surface area contributed by atoms with Gasteiger partial charge in [-0.2, -0.15) is 5.26 Å². The van der Waals surface area contributed by atoms with E-state index in [9.17, 15) is 9.59 Å². The normalized spacial score (nSPS) is 20.4. The van der Waals surface area contributed by atoms with Crippen LogP contribution in [0.5, 0.6) is 0 Å². The Bertz CT molecular complexity index is 627. The van der Waals surface area contributed by atoms with Crippen LogP contribution in [0.4, 0.5) is 4.79 Å². The van der Waals surface area contributed by atoms with Gasteiger partial charge in [-0.05, 0) is 30.5 Å². The van der Waals surface area contributed by atoms with Crippen LogP contribution < -0.4 is 5.32 Å². The number of carbonyl (C=O) groups excluding carboxylic acids is 2. The van der Waals surface area contributed by atoms with E-state index in [0.717, 1.165) is 37.7 Å². The van der Waals surface area contributed by atoms with Crippen LogP contribution in [0.3, 0.4) is 0 Å². The highest BCUT2D eigenvalue weighted by atomic mass is 16.2. The fourth-order valence-electron chi connectivity index (χ4n) is 3.24. The molecule has 1 aromatic rings. The fourth-order valence-corrected chi connectivity index (χ4v) is 3.24. The molecule has 108 valence electrons. The topological polar surface area (TPSA) is 73.2 Å². The van der Waals surface area contributed by atoms with Gasteiger partial charge >= 0.3 is 6.03 Å². The SMILES string of the molecule is N#Cc1cccc(CN2C(=O)NC3(CCCCC3)C2=O)c1. The number of carbonyl (C=O) groups is 2. The van der Waals surface area contributed by atoms with Crippen molar-refractivity contribution in [3.05, 3.63) is 35.4 Å². The highest BCUT2D eigenvalue weighted by Gasteiger charge is 2.51. The van der Waals surface area contributed by atoms with Crippen LogP contribution in [0.1, 0.15) is 43.2 Å². The van der Waals surface area contributed by atoms with Crippen molar-refractivity contribution in [2.24, 2.45) is 0 Å². The molecule has 3 rings (SSSR count). The number of amides is 3. The third-order valence-corrected chi connectivity index (χ3v) is 4.35. The number of urea groups is 1. The van der Waals surface area contributed by atoms with Gasteiger partial charge in [0, 0.05) is 0 Å². The quantitative estimate of drug-likeness (QED) is 0.846. The molecule has 21 heavy (non-hydrogen) atoms. The molecule has 1 aliphatic heterocycles. The number of rotatable bonds is 2. The maximum atomic E-state index is 12.6. The summed E-state index contributed by atoms with van der Waals surface area (Å²) in [6.45, 7) is 0.224. The van der Waals surface area contributed by atoms with E-state index in [4.69, 9.17) is 5.26 Å². The number of imide groups is 1. The largest absolute Gasteiger partial charge is 0.325 e. The fraction of sp³-hybridized carbons (Fsp3) is 0.438. The van der Waals surface area contributed by atoms with Crippen molar-refractivity contribution in [3.63, 3.8) is 0 Å². The summed E-state index contributed by atoms with van der Waals surface area (Å²) in [5.74, 6) is -0.116. The predicted molar refractivity (Wildman–Crippen MR) is 76.1 cm³/mol. The van der Waals surface area contributed by atoms with Crippen LogP contribution in [-0.4, -0.2) is 22.4 Å². The van der Waals surface area contributed by atoms with E-state index >= 15 is 0 Å². The summed E-state index contributed by atoms with van der Waals surface area (Å²) in [6.07, 6.45) is 4.53. The highest BCUT2D eigenvalue weighted by Crippen LogP contribution is 2.34. The average Bonchev–Trinajstić information content (AvgIpc) is 2.73. The minimum Gasteiger partial charge on any atom is -0.323 e. The molecule has 2 aliphatic rings. The van der Waals surface area contributed by atoms with Crippen LogP contribution in [-0.2, 0) is 11.3 Å². The van der Waals surface area contributed by atoms with Crippen molar-refractivity contribution in [1.82, 2.24) is 10.2 Å². The van der Waals surface area contributed by atoms with Gasteiger partial charge in [-0.15, -0.1) is 0 Å². The van der Waals surface area contributed by atoms with E-state index < -0.39 is 5.54 Å². The van der Waals surface area contributed by atoms with Crippen molar-refractivity contribution in [2.45, 2.75) is 44.2 Å². The summed E-state index contributed by atoms with van der Waals surface area (Å²) in [7, 11) is 0. The van der Waals surface area contributed by atoms with Gasteiger partial charge in [0.15, 0.2) is 0 Å². The van der Waals surface area contributed by atoms with Gasteiger partial charge in [0.1, 0.15) is 5.54 Å². The molecule has 0 bridgehead atoms. The first-order valence-electron chi connectivity index (χ1n) is 7.28. The van der Waals surface area contributed by atoms with Gasteiger partial charge in [-0.3, -0.25) is 9.69 Å². The van der Waals surface area contributed by atoms with E-state index in [0.29, 0.717) is 5.56 Å². The molecule has 2 fully saturated rings. The Kier molecular flexibility index (Phi) is 3.38. The van der Waals surface area contributed by atoms with Crippen LogP contribution >= 0.6 is 0 Å². The first-order valence-corrected chi connectivity index (χ1v) is 7.28. The number of nitrogens with one attached hydrogen (secondary N) is 1. The molecular weight excluding hydrogens is 266 g/mol. The van der Waals surface area contributed by atoms with Crippen LogP contribution in [0.15, 0.2) is 24.3 Å². The lowest BCUT2D eigenvalue weighted by Crippen LogP contribution is -2.48. The van der Waals surface area contributed by atoms with Gasteiger partial charge in [0.25, 0.3) is 5.91 Å². The second-order valence-electron chi connectivity index (χ2n) is 5.78. The third kappa shape index (κ3) is 2.38. The summed E-state index contributed by atoms with van der Waals surface area (Å²) >= 11 is 0. The van der Waals surface area contributed by atoms with E-state index in [-0.39, 0.29) is 18.5 Å². The number of nitriles is 1. The zero-order chi connectivity index (χ0) is 14.9. The summed E-state index contributed by atoms with van der Waals surface area (Å²) < 4.78 is 0. The minimum atomic E-state index is -0.678. The van der Waals surface area contributed by atoms with Crippen molar-refractivity contribution in [3.8, 4) is 6.07 Å². The first kappa shape index (κ1) is 13.6. The van der Waals surface area contributed by atoms with E-state index in [1.165, 1.54) is 4.90 Å². The zero-order valence-corrected chi connectivity index (χ0v) is 11.8. The molecule has 0 radical (unpaired) electrons. The van der Waals surface area contributed by atoms with Crippen molar-refractivity contribution >= 4 is 11.9 Å². The molecule has 1 aromatic carbocycles. The molecule has 1 N–H and O–H groups in total. The van der Waals surface area contributed by atoms with E-state index in [1.807, 2.05) is 6.07 Å². The first-order chi connectivity index (χ1) is 10.1. The Balaban J connectivity index is 1.81. The number of nitrogens with zero attached hydrogens (tertiary/aromatic N) is 2. The molecule has 0 atom stereocenters. The maximum absolute atomic E-state index is 12.6.